The lowest BCUT2D eigenvalue weighted by atomic mass is 10.1. The highest BCUT2D eigenvalue weighted by atomic mass is 35.5. The first kappa shape index (κ1) is 17.4. The van der Waals surface area contributed by atoms with Crippen LogP contribution in [0.3, 0.4) is 0 Å². The minimum Gasteiger partial charge on any atom is -0.343 e. The molecule has 23 heavy (non-hydrogen) atoms. The molecular weight excluding hydrogens is 318 g/mol. The number of fused-ring (bicyclic) bond motifs is 1. The maximum atomic E-state index is 12.2. The van der Waals surface area contributed by atoms with Gasteiger partial charge in [-0.05, 0) is 31.5 Å². The first-order valence-corrected chi connectivity index (χ1v) is 7.53. The smallest absolute Gasteiger partial charge is 0.261 e. The van der Waals surface area contributed by atoms with Crippen LogP contribution in [0.25, 0.3) is 0 Å². The van der Waals surface area contributed by atoms with Crippen LogP contribution in [0.1, 0.15) is 33.6 Å². The monoisotopic (exact) mass is 337 g/mol. The number of halogens is 1. The molecule has 1 N–H and O–H groups in total. The lowest BCUT2D eigenvalue weighted by Gasteiger charge is -2.23. The zero-order valence-corrected chi connectivity index (χ0v) is 13.8. The lowest BCUT2D eigenvalue weighted by Crippen LogP contribution is -2.45. The summed E-state index contributed by atoms with van der Waals surface area (Å²) in [7, 11) is 1.71. The van der Waals surface area contributed by atoms with Gasteiger partial charge >= 0.3 is 0 Å². The number of benzene rings is 1. The number of hydrogen-bond acceptors (Lipinski definition) is 4. The van der Waals surface area contributed by atoms with Gasteiger partial charge in [0.05, 0.1) is 17.2 Å². The van der Waals surface area contributed by atoms with Gasteiger partial charge in [-0.3, -0.25) is 19.3 Å². The summed E-state index contributed by atoms with van der Waals surface area (Å²) in [6, 6.07) is 6.68. The minimum atomic E-state index is -0.277. The highest BCUT2D eigenvalue weighted by Gasteiger charge is 2.35. The van der Waals surface area contributed by atoms with E-state index in [4.69, 9.17) is 0 Å². The van der Waals surface area contributed by atoms with E-state index < -0.39 is 0 Å². The van der Waals surface area contributed by atoms with E-state index in [-0.39, 0.29) is 42.7 Å². The summed E-state index contributed by atoms with van der Waals surface area (Å²) in [5, 5.41) is 3.16. The van der Waals surface area contributed by atoms with Crippen LogP contribution in [0.15, 0.2) is 24.3 Å². The van der Waals surface area contributed by atoms with Gasteiger partial charge in [-0.25, -0.2) is 0 Å². The van der Waals surface area contributed by atoms with Crippen LogP contribution < -0.4 is 5.32 Å². The van der Waals surface area contributed by atoms with Gasteiger partial charge in [0.1, 0.15) is 0 Å². The third-order valence-electron chi connectivity index (χ3n) is 4.27. The Bertz CT molecular complexity index is 594. The number of carbonyl (C=O) groups is 3. The van der Waals surface area contributed by atoms with Crippen molar-refractivity contribution >= 4 is 30.1 Å². The molecule has 3 rings (SSSR count). The summed E-state index contributed by atoms with van der Waals surface area (Å²) in [5.41, 5.74) is 0.887. The van der Waals surface area contributed by atoms with E-state index in [1.54, 1.807) is 36.2 Å². The van der Waals surface area contributed by atoms with Gasteiger partial charge in [-0.2, -0.15) is 0 Å². The number of likely N-dealkylation sites (N-methyl/N-ethyl adjacent to an activating group) is 1. The number of nitrogens with one attached hydrogen (secondary N) is 1. The zero-order chi connectivity index (χ0) is 15.7. The predicted octanol–water partition coefficient (Wildman–Crippen LogP) is 0.915. The molecule has 3 amide bonds. The second-order valence-electron chi connectivity index (χ2n) is 5.72. The molecule has 1 aromatic carbocycles. The molecule has 0 aliphatic carbocycles. The van der Waals surface area contributed by atoms with Gasteiger partial charge in [0.15, 0.2) is 0 Å². The Hall–Kier alpha value is -1.92. The SMILES string of the molecule is CN(CCN1C(=O)c2ccccc2C1=O)C(=O)C1CCCN1.Cl. The molecule has 7 heteroatoms. The second-order valence-corrected chi connectivity index (χ2v) is 5.72. The number of nitrogens with zero attached hydrogens (tertiary/aromatic N) is 2. The van der Waals surface area contributed by atoms with Crippen molar-refractivity contribution in [3.8, 4) is 0 Å². The lowest BCUT2D eigenvalue weighted by molar-refractivity contribution is -0.131. The molecule has 0 bridgehead atoms. The fourth-order valence-corrected chi connectivity index (χ4v) is 2.96. The van der Waals surface area contributed by atoms with Gasteiger partial charge in [0.2, 0.25) is 5.91 Å². The molecule has 1 fully saturated rings. The predicted molar refractivity (Wildman–Crippen MR) is 87.7 cm³/mol. The number of hydrogen-bond donors (Lipinski definition) is 1. The fourth-order valence-electron chi connectivity index (χ4n) is 2.96. The number of amides is 3. The van der Waals surface area contributed by atoms with Crippen LogP contribution in [-0.4, -0.2) is 60.2 Å². The van der Waals surface area contributed by atoms with Crippen LogP contribution >= 0.6 is 12.4 Å². The summed E-state index contributed by atoms with van der Waals surface area (Å²) >= 11 is 0. The van der Waals surface area contributed by atoms with E-state index >= 15 is 0 Å². The topological polar surface area (TPSA) is 69.7 Å². The van der Waals surface area contributed by atoms with Crippen molar-refractivity contribution in [2.75, 3.05) is 26.7 Å². The van der Waals surface area contributed by atoms with Crippen molar-refractivity contribution in [1.82, 2.24) is 15.1 Å². The average molecular weight is 338 g/mol. The van der Waals surface area contributed by atoms with E-state index in [1.807, 2.05) is 0 Å². The molecule has 0 saturated carbocycles. The molecule has 2 heterocycles. The molecule has 1 aromatic rings. The standard InChI is InChI=1S/C16H19N3O3.ClH/c1-18(16(22)13-7-4-8-17-13)9-10-19-14(20)11-5-2-3-6-12(11)15(19)21;/h2-3,5-6,13,17H,4,7-10H2,1H3;1H. The van der Waals surface area contributed by atoms with Crippen LogP contribution in [-0.2, 0) is 4.79 Å². The highest BCUT2D eigenvalue weighted by molar-refractivity contribution is 6.21. The zero-order valence-electron chi connectivity index (χ0n) is 12.9. The third-order valence-corrected chi connectivity index (χ3v) is 4.27. The molecule has 1 unspecified atom stereocenters. The molecule has 1 atom stereocenters. The third kappa shape index (κ3) is 3.23. The molecule has 6 nitrogen and oxygen atoms in total. The van der Waals surface area contributed by atoms with Gasteiger partial charge in [-0.1, -0.05) is 12.1 Å². The molecule has 0 aromatic heterocycles. The summed E-state index contributed by atoms with van der Waals surface area (Å²) in [4.78, 5) is 39.5. The first-order chi connectivity index (χ1) is 10.6. The molecule has 1 saturated heterocycles. The van der Waals surface area contributed by atoms with Crippen molar-refractivity contribution in [2.45, 2.75) is 18.9 Å². The average Bonchev–Trinajstić information content (AvgIpc) is 3.14. The Morgan fingerprint density at radius 2 is 1.87 bits per heavy atom. The molecule has 0 spiro atoms. The Kier molecular flexibility index (Phi) is 5.38. The first-order valence-electron chi connectivity index (χ1n) is 7.53. The quantitative estimate of drug-likeness (QED) is 0.829. The van der Waals surface area contributed by atoms with Crippen LogP contribution in [0, 0.1) is 0 Å². The fraction of sp³-hybridized carbons (Fsp3) is 0.438. The summed E-state index contributed by atoms with van der Waals surface area (Å²) in [5.74, 6) is -0.532. The molecule has 124 valence electrons. The van der Waals surface area contributed by atoms with Crippen LogP contribution in [0.5, 0.6) is 0 Å². The maximum absolute atomic E-state index is 12.2. The molecule has 0 radical (unpaired) electrons. The van der Waals surface area contributed by atoms with E-state index in [0.717, 1.165) is 19.4 Å². The van der Waals surface area contributed by atoms with E-state index in [1.165, 1.54) is 4.90 Å². The highest BCUT2D eigenvalue weighted by Crippen LogP contribution is 2.22. The van der Waals surface area contributed by atoms with Crippen molar-refractivity contribution in [3.05, 3.63) is 35.4 Å². The van der Waals surface area contributed by atoms with Crippen LogP contribution in [0.2, 0.25) is 0 Å². The summed E-state index contributed by atoms with van der Waals surface area (Å²) in [6.07, 6.45) is 1.85. The largest absolute Gasteiger partial charge is 0.343 e. The van der Waals surface area contributed by atoms with E-state index in [9.17, 15) is 14.4 Å². The summed E-state index contributed by atoms with van der Waals surface area (Å²) < 4.78 is 0. The maximum Gasteiger partial charge on any atom is 0.261 e. The Labute approximate surface area is 141 Å². The van der Waals surface area contributed by atoms with Gasteiger partial charge in [-0.15, -0.1) is 12.4 Å². The molecule has 2 aliphatic heterocycles. The Balaban J connectivity index is 0.00000192. The second kappa shape index (κ2) is 7.10. The van der Waals surface area contributed by atoms with E-state index in [2.05, 4.69) is 5.32 Å². The number of imide groups is 1. The van der Waals surface area contributed by atoms with Crippen molar-refractivity contribution in [2.24, 2.45) is 0 Å². The number of rotatable bonds is 4. The minimum absolute atomic E-state index is 0. The summed E-state index contributed by atoms with van der Waals surface area (Å²) in [6.45, 7) is 1.44. The van der Waals surface area contributed by atoms with Crippen molar-refractivity contribution in [1.29, 1.82) is 0 Å². The number of carbonyl (C=O) groups excluding carboxylic acids is 3. The molecular formula is C16H20ClN3O3. The Morgan fingerprint density at radius 3 is 2.39 bits per heavy atom. The normalized spacial score (nSPS) is 19.5. The van der Waals surface area contributed by atoms with Crippen molar-refractivity contribution < 1.29 is 14.4 Å². The van der Waals surface area contributed by atoms with Crippen molar-refractivity contribution in [3.63, 3.8) is 0 Å². The van der Waals surface area contributed by atoms with Crippen LogP contribution in [0.4, 0.5) is 0 Å². The van der Waals surface area contributed by atoms with Gasteiger partial charge in [0, 0.05) is 20.1 Å². The van der Waals surface area contributed by atoms with Gasteiger partial charge in [0.25, 0.3) is 11.8 Å². The van der Waals surface area contributed by atoms with E-state index in [0.29, 0.717) is 17.7 Å². The molecule has 2 aliphatic rings. The Morgan fingerprint density at radius 1 is 1.26 bits per heavy atom. The van der Waals surface area contributed by atoms with Gasteiger partial charge < -0.3 is 10.2 Å².